The molecule has 0 unspecified atom stereocenters. The van der Waals surface area contributed by atoms with Crippen LogP contribution in [-0.4, -0.2) is 73.2 Å². The third-order valence-electron chi connectivity index (χ3n) is 7.48. The summed E-state index contributed by atoms with van der Waals surface area (Å²) in [7, 11) is 0. The second-order valence-electron chi connectivity index (χ2n) is 11.1. The molecule has 1 aliphatic heterocycles. The summed E-state index contributed by atoms with van der Waals surface area (Å²) in [5.74, 6) is -4.03. The Morgan fingerprint density at radius 3 is 1.85 bits per heavy atom. The fourth-order valence-corrected chi connectivity index (χ4v) is 5.86. The second-order valence-corrected chi connectivity index (χ2v) is 12.6. The van der Waals surface area contributed by atoms with Gasteiger partial charge in [-0.05, 0) is 37.7 Å². The zero-order valence-corrected chi connectivity index (χ0v) is 28.8. The van der Waals surface area contributed by atoms with Crippen molar-refractivity contribution in [1.82, 2.24) is 26.6 Å². The topological polar surface area (TPSA) is 215 Å². The van der Waals surface area contributed by atoms with Gasteiger partial charge in [-0.2, -0.15) is 0 Å². The predicted molar refractivity (Wildman–Crippen MR) is 183 cm³/mol. The summed E-state index contributed by atoms with van der Waals surface area (Å²) in [6.07, 6.45) is 1.12. The average Bonchev–Trinajstić information content (AvgIpc) is 3.05. The lowest BCUT2D eigenvalue weighted by molar-refractivity contribution is -0.132. The van der Waals surface area contributed by atoms with E-state index in [2.05, 4.69) is 26.6 Å². The van der Waals surface area contributed by atoms with Crippen molar-refractivity contribution in [3.8, 4) is 0 Å². The lowest BCUT2D eigenvalue weighted by Gasteiger charge is -2.23. The minimum Gasteiger partial charge on any atom is -0.368 e. The Labute approximate surface area is 297 Å². The van der Waals surface area contributed by atoms with Gasteiger partial charge in [0.1, 0.15) is 12.1 Å². The fraction of sp³-hybridized carbons (Fsp3) is 0.419. The third kappa shape index (κ3) is 11.0. The molecule has 17 heteroatoms. The quantitative estimate of drug-likeness (QED) is 0.184. The number of carbonyl (C=O) groups excluding carboxylic acids is 6. The van der Waals surface area contributed by atoms with Crippen LogP contribution in [0.1, 0.15) is 64.8 Å². The largest absolute Gasteiger partial charge is 0.368 e. The minimum atomic E-state index is -1.19. The summed E-state index contributed by atoms with van der Waals surface area (Å²) in [4.78, 5) is 77.4. The van der Waals surface area contributed by atoms with E-state index in [0.717, 1.165) is 5.56 Å². The Morgan fingerprint density at radius 1 is 0.708 bits per heavy atom. The molecule has 0 fully saturated rings. The molecular weight excluding hydrogens is 708 g/mol. The van der Waals surface area contributed by atoms with Gasteiger partial charge in [0.15, 0.2) is 0 Å². The van der Waals surface area contributed by atoms with Crippen LogP contribution in [0.25, 0.3) is 0 Å². The number of halogens is 4. The smallest absolute Gasteiger partial charge is 0.253 e. The van der Waals surface area contributed by atoms with Crippen LogP contribution in [-0.2, 0) is 25.6 Å². The van der Waals surface area contributed by atoms with Gasteiger partial charge in [0, 0.05) is 32.5 Å². The molecule has 2 aromatic carbocycles. The van der Waals surface area contributed by atoms with Gasteiger partial charge >= 0.3 is 0 Å². The van der Waals surface area contributed by atoms with E-state index in [9.17, 15) is 28.8 Å². The molecule has 0 saturated carbocycles. The highest BCUT2D eigenvalue weighted by molar-refractivity contribution is 6.54. The first-order chi connectivity index (χ1) is 22.8. The maximum atomic E-state index is 13.3. The van der Waals surface area contributed by atoms with E-state index >= 15 is 0 Å². The number of rotatable bonds is 3. The predicted octanol–water partition coefficient (Wildman–Crippen LogP) is 2.26. The lowest BCUT2D eigenvalue weighted by atomic mass is 10.0. The molecule has 48 heavy (non-hydrogen) atoms. The lowest BCUT2D eigenvalue weighted by Crippen LogP contribution is -2.56. The molecule has 3 rings (SSSR count). The Balaban J connectivity index is 1.82. The van der Waals surface area contributed by atoms with E-state index < -0.39 is 53.6 Å². The zero-order valence-electron chi connectivity index (χ0n) is 25.8. The number of carbonyl (C=O) groups is 6. The van der Waals surface area contributed by atoms with Crippen molar-refractivity contribution in [2.24, 2.45) is 11.5 Å². The van der Waals surface area contributed by atoms with Gasteiger partial charge < -0.3 is 38.1 Å². The number of hydrogen-bond donors (Lipinski definition) is 7. The van der Waals surface area contributed by atoms with Crippen molar-refractivity contribution in [3.63, 3.8) is 0 Å². The normalized spacial score (nSPS) is 21.4. The van der Waals surface area contributed by atoms with Gasteiger partial charge in [-0.25, -0.2) is 0 Å². The minimum absolute atomic E-state index is 0.0725. The summed E-state index contributed by atoms with van der Waals surface area (Å²) in [6, 6.07) is 5.63. The van der Waals surface area contributed by atoms with Gasteiger partial charge in [-0.1, -0.05) is 76.7 Å². The van der Waals surface area contributed by atoms with Gasteiger partial charge in [0.05, 0.1) is 37.3 Å². The zero-order chi connectivity index (χ0) is 35.4. The fourth-order valence-electron chi connectivity index (χ4n) is 4.83. The van der Waals surface area contributed by atoms with Crippen LogP contribution in [0.4, 0.5) is 0 Å². The second kappa shape index (κ2) is 18.8. The van der Waals surface area contributed by atoms with Crippen molar-refractivity contribution >= 4 is 81.8 Å². The highest BCUT2D eigenvalue weighted by Crippen LogP contribution is 2.41. The SMILES string of the molecule is NC(=O)[C@@H]1CCC(=O)NCCCNC(=O)c2c(Cl)c(Cl)c(Cl)c(Cl)c2C(=O)NCCCC[C@H](N)C(=O)N[C@@H](Cc2ccccc2)C(=O)N1. The van der Waals surface area contributed by atoms with Crippen molar-refractivity contribution in [2.75, 3.05) is 19.6 Å². The molecule has 1 heterocycles. The van der Waals surface area contributed by atoms with Crippen LogP contribution in [0.5, 0.6) is 0 Å². The standard InChI is InChI=1S/C31H37Cl4N7O6/c32-23-21-22(24(33)26(35)25(23)34)31(48)40-14-6-13-38-20(43)11-10-18(27(37)44)41-29(46)19(15-16-7-2-1-3-8-16)42-28(45)17(36)9-4-5-12-39-30(21)47/h1-3,7-8,17-19H,4-6,9-15,36H2,(H2,37,44)(H,38,43)(H,39,47)(H,40,48)(H,41,46)(H,42,45)/t17-,18-,19-/m0/s1. The van der Waals surface area contributed by atoms with Crippen LogP contribution in [0, 0.1) is 0 Å². The number of nitrogens with one attached hydrogen (secondary N) is 5. The number of hydrogen-bond acceptors (Lipinski definition) is 7. The van der Waals surface area contributed by atoms with Gasteiger partial charge in [0.25, 0.3) is 11.8 Å². The summed E-state index contributed by atoms with van der Waals surface area (Å²) in [5.41, 5.74) is 11.9. The highest BCUT2D eigenvalue weighted by atomic mass is 35.5. The van der Waals surface area contributed by atoms with E-state index in [1.807, 2.05) is 0 Å². The van der Waals surface area contributed by atoms with E-state index in [1.165, 1.54) is 0 Å². The Bertz CT molecular complexity index is 1530. The maximum Gasteiger partial charge on any atom is 0.253 e. The number of amides is 6. The molecule has 9 N–H and O–H groups in total. The summed E-state index contributed by atoms with van der Waals surface area (Å²) in [6.45, 7) is 0.333. The van der Waals surface area contributed by atoms with Crippen LogP contribution in [0.15, 0.2) is 30.3 Å². The Kier molecular flexibility index (Phi) is 15.2. The average molecular weight is 745 g/mol. The van der Waals surface area contributed by atoms with Crippen molar-refractivity contribution in [1.29, 1.82) is 0 Å². The molecule has 0 aliphatic carbocycles. The van der Waals surface area contributed by atoms with Crippen molar-refractivity contribution < 1.29 is 28.8 Å². The van der Waals surface area contributed by atoms with Gasteiger partial charge in [-0.15, -0.1) is 0 Å². The molecule has 6 amide bonds. The molecule has 1 aliphatic rings. The monoisotopic (exact) mass is 743 g/mol. The van der Waals surface area contributed by atoms with Crippen LogP contribution < -0.4 is 38.1 Å². The van der Waals surface area contributed by atoms with E-state index in [4.69, 9.17) is 57.9 Å². The first-order valence-corrected chi connectivity index (χ1v) is 16.7. The van der Waals surface area contributed by atoms with E-state index in [1.54, 1.807) is 30.3 Å². The number of nitrogens with two attached hydrogens (primary N) is 2. The summed E-state index contributed by atoms with van der Waals surface area (Å²) < 4.78 is 0. The summed E-state index contributed by atoms with van der Waals surface area (Å²) >= 11 is 25.1. The molecule has 3 atom stereocenters. The van der Waals surface area contributed by atoms with Crippen LogP contribution >= 0.6 is 46.4 Å². The molecule has 0 saturated heterocycles. The van der Waals surface area contributed by atoms with Crippen molar-refractivity contribution in [2.45, 2.75) is 63.1 Å². The Morgan fingerprint density at radius 2 is 1.27 bits per heavy atom. The van der Waals surface area contributed by atoms with Gasteiger partial charge in [0.2, 0.25) is 23.6 Å². The maximum absolute atomic E-state index is 13.3. The molecule has 0 radical (unpaired) electrons. The van der Waals surface area contributed by atoms with E-state index in [-0.39, 0.29) is 83.0 Å². The number of primary amides is 1. The molecular formula is C31H37Cl4N7O6. The van der Waals surface area contributed by atoms with Gasteiger partial charge in [-0.3, -0.25) is 28.8 Å². The van der Waals surface area contributed by atoms with E-state index in [0.29, 0.717) is 12.8 Å². The highest BCUT2D eigenvalue weighted by Gasteiger charge is 2.30. The van der Waals surface area contributed by atoms with Crippen LogP contribution in [0.3, 0.4) is 0 Å². The molecule has 13 nitrogen and oxygen atoms in total. The molecule has 260 valence electrons. The summed E-state index contributed by atoms with van der Waals surface area (Å²) in [5, 5.41) is 12.2. The number of benzene rings is 2. The third-order valence-corrected chi connectivity index (χ3v) is 9.28. The van der Waals surface area contributed by atoms with Crippen molar-refractivity contribution in [3.05, 3.63) is 67.1 Å². The number of fused-ring (bicyclic) bond motifs is 1. The molecule has 0 spiro atoms. The van der Waals surface area contributed by atoms with Crippen LogP contribution in [0.2, 0.25) is 20.1 Å². The molecule has 0 bridgehead atoms. The molecule has 2 aromatic rings. The first-order valence-electron chi connectivity index (χ1n) is 15.2. The first kappa shape index (κ1) is 38.8. The molecule has 0 aromatic heterocycles. The Hall–Kier alpha value is -3.62.